The number of hydrogen-bond acceptors (Lipinski definition) is 4. The van der Waals surface area contributed by atoms with Crippen molar-refractivity contribution in [1.82, 2.24) is 9.55 Å². The lowest BCUT2D eigenvalue weighted by molar-refractivity contribution is 0.104. The Morgan fingerprint density at radius 3 is 2.47 bits per heavy atom. The molecule has 0 bridgehead atoms. The number of aromatic hydroxyl groups is 1. The number of aryl methyl sites for hydroxylation is 2. The molecule has 6 heteroatoms. The quantitative estimate of drug-likeness (QED) is 0.303. The molecular formula is C28H26N2O4. The van der Waals surface area contributed by atoms with E-state index < -0.39 is 0 Å². The van der Waals surface area contributed by atoms with Gasteiger partial charge in [-0.05, 0) is 85.5 Å². The van der Waals surface area contributed by atoms with Crippen molar-refractivity contribution >= 4 is 11.9 Å². The number of phenolic OH excluding ortho intramolecular Hbond substituents is 1. The smallest absolute Gasteiger partial charge is 0.330 e. The average Bonchev–Trinajstić information content (AvgIpc) is 3.23. The Labute approximate surface area is 197 Å². The van der Waals surface area contributed by atoms with Crippen molar-refractivity contribution in [1.29, 1.82) is 0 Å². The summed E-state index contributed by atoms with van der Waals surface area (Å²) in [7, 11) is 1.47. The van der Waals surface area contributed by atoms with Crippen LogP contribution in [0.1, 0.15) is 32.6 Å². The van der Waals surface area contributed by atoms with Crippen LogP contribution in [-0.4, -0.2) is 27.6 Å². The van der Waals surface area contributed by atoms with Gasteiger partial charge in [-0.1, -0.05) is 24.3 Å². The van der Waals surface area contributed by atoms with Crippen LogP contribution in [0.4, 0.5) is 0 Å². The Hall–Kier alpha value is -4.32. The zero-order chi connectivity index (χ0) is 24.4. The van der Waals surface area contributed by atoms with Gasteiger partial charge in [-0.25, -0.2) is 4.79 Å². The van der Waals surface area contributed by atoms with Crippen molar-refractivity contribution in [3.8, 4) is 28.4 Å². The molecule has 0 spiro atoms. The minimum absolute atomic E-state index is 0.0333. The number of ether oxygens (including phenoxy) is 1. The molecule has 1 heterocycles. The van der Waals surface area contributed by atoms with Gasteiger partial charge in [-0.3, -0.25) is 9.36 Å². The first-order chi connectivity index (χ1) is 16.3. The molecule has 4 rings (SSSR count). The Bertz CT molecular complexity index is 1450. The second kappa shape index (κ2) is 9.27. The highest BCUT2D eigenvalue weighted by atomic mass is 16.5. The molecule has 0 saturated carbocycles. The van der Waals surface area contributed by atoms with Crippen LogP contribution >= 0.6 is 0 Å². The van der Waals surface area contributed by atoms with Gasteiger partial charge in [-0.15, -0.1) is 0 Å². The van der Waals surface area contributed by atoms with Crippen LogP contribution < -0.4 is 10.4 Å². The van der Waals surface area contributed by atoms with Crippen molar-refractivity contribution in [3.63, 3.8) is 0 Å². The van der Waals surface area contributed by atoms with Gasteiger partial charge in [0.1, 0.15) is 0 Å². The number of methoxy groups -OCH3 is 1. The number of allylic oxidation sites excluding steroid dienone is 1. The Kier molecular flexibility index (Phi) is 6.23. The minimum atomic E-state index is -0.276. The summed E-state index contributed by atoms with van der Waals surface area (Å²) in [6, 6.07) is 15.9. The maximum atomic E-state index is 12.8. The fraction of sp³-hybridized carbons (Fsp3) is 0.143. The predicted molar refractivity (Wildman–Crippen MR) is 134 cm³/mol. The largest absolute Gasteiger partial charge is 0.504 e. The fourth-order valence-corrected chi connectivity index (χ4v) is 3.80. The topological polar surface area (TPSA) is 84.3 Å². The van der Waals surface area contributed by atoms with Crippen LogP contribution in [0.15, 0.2) is 71.7 Å². The van der Waals surface area contributed by atoms with Gasteiger partial charge >= 0.3 is 5.69 Å². The van der Waals surface area contributed by atoms with Crippen LogP contribution in [0.3, 0.4) is 0 Å². The van der Waals surface area contributed by atoms with Gasteiger partial charge in [0, 0.05) is 17.3 Å². The zero-order valence-electron chi connectivity index (χ0n) is 19.5. The van der Waals surface area contributed by atoms with Crippen LogP contribution in [0, 0.1) is 20.8 Å². The number of nitrogens with one attached hydrogen (secondary N) is 1. The molecule has 1 aromatic heterocycles. The number of carbonyl (C=O) groups excluding carboxylic acids is 1. The number of aromatic amines is 1. The molecule has 0 aliphatic carbocycles. The molecule has 4 aromatic rings. The van der Waals surface area contributed by atoms with Crippen molar-refractivity contribution in [2.45, 2.75) is 20.8 Å². The Morgan fingerprint density at radius 2 is 1.76 bits per heavy atom. The van der Waals surface area contributed by atoms with Crippen LogP contribution in [0.5, 0.6) is 11.5 Å². The van der Waals surface area contributed by atoms with E-state index in [4.69, 9.17) is 4.74 Å². The SMILES string of the molecule is COc1cc(C=CC(=O)c2cccc(-n3cc(-c4cc(C)c(C)c(C)c4)[nH]c3=O)c2)ccc1O. The highest BCUT2D eigenvalue weighted by molar-refractivity contribution is 6.07. The summed E-state index contributed by atoms with van der Waals surface area (Å²) >= 11 is 0. The summed E-state index contributed by atoms with van der Waals surface area (Å²) in [5.41, 5.74) is 6.70. The zero-order valence-corrected chi connectivity index (χ0v) is 19.5. The lowest BCUT2D eigenvalue weighted by Crippen LogP contribution is -2.14. The highest BCUT2D eigenvalue weighted by Gasteiger charge is 2.11. The number of benzene rings is 3. The van der Waals surface area contributed by atoms with E-state index in [1.165, 1.54) is 29.4 Å². The van der Waals surface area contributed by atoms with E-state index in [1.54, 1.807) is 48.7 Å². The van der Waals surface area contributed by atoms with Crippen LogP contribution in [0.25, 0.3) is 23.0 Å². The molecule has 0 amide bonds. The number of hydrogen-bond donors (Lipinski definition) is 2. The second-order valence-electron chi connectivity index (χ2n) is 8.26. The Morgan fingerprint density at radius 1 is 1.03 bits per heavy atom. The first kappa shape index (κ1) is 22.9. The van der Waals surface area contributed by atoms with Crippen molar-refractivity contribution < 1.29 is 14.6 Å². The molecule has 0 atom stereocenters. The Balaban J connectivity index is 1.62. The number of ketones is 1. The maximum Gasteiger partial charge on any atom is 0.330 e. The molecule has 2 N–H and O–H groups in total. The molecule has 0 aliphatic heterocycles. The van der Waals surface area contributed by atoms with E-state index in [0.29, 0.717) is 28.3 Å². The van der Waals surface area contributed by atoms with Gasteiger partial charge in [0.15, 0.2) is 17.3 Å². The summed E-state index contributed by atoms with van der Waals surface area (Å²) < 4.78 is 6.61. The number of nitrogens with zero attached hydrogens (tertiary/aromatic N) is 1. The predicted octanol–water partition coefficient (Wildman–Crippen LogP) is 5.37. The lowest BCUT2D eigenvalue weighted by atomic mass is 9.99. The summed E-state index contributed by atoms with van der Waals surface area (Å²) in [5.74, 6) is 0.159. The van der Waals surface area contributed by atoms with Crippen molar-refractivity contribution in [2.24, 2.45) is 0 Å². The minimum Gasteiger partial charge on any atom is -0.504 e. The van der Waals surface area contributed by atoms with Crippen molar-refractivity contribution in [2.75, 3.05) is 7.11 Å². The standard InChI is InChI=1S/C28H26N2O4/c1-17-12-22(13-18(2)19(17)3)24-16-30(28(33)29-24)23-7-5-6-21(15-23)25(31)10-8-20-9-11-26(32)27(14-20)34-4/h5-16,32H,1-4H3,(H,29,33). The molecule has 3 aromatic carbocycles. The van der Waals surface area contributed by atoms with E-state index in [1.807, 2.05) is 0 Å². The van der Waals surface area contributed by atoms with Gasteiger partial charge < -0.3 is 14.8 Å². The average molecular weight is 455 g/mol. The number of imidazole rings is 1. The van der Waals surface area contributed by atoms with E-state index >= 15 is 0 Å². The monoisotopic (exact) mass is 454 g/mol. The van der Waals surface area contributed by atoms with E-state index in [-0.39, 0.29) is 17.2 Å². The van der Waals surface area contributed by atoms with Crippen molar-refractivity contribution in [3.05, 3.63) is 105 Å². The third kappa shape index (κ3) is 4.57. The number of H-pyrrole nitrogens is 1. The fourth-order valence-electron chi connectivity index (χ4n) is 3.80. The van der Waals surface area contributed by atoms with Crippen LogP contribution in [0.2, 0.25) is 0 Å². The number of aromatic nitrogens is 2. The van der Waals surface area contributed by atoms with E-state index in [9.17, 15) is 14.7 Å². The summed E-state index contributed by atoms with van der Waals surface area (Å²) in [5, 5.41) is 9.72. The molecule has 0 fully saturated rings. The summed E-state index contributed by atoms with van der Waals surface area (Å²) in [6.45, 7) is 6.19. The summed E-state index contributed by atoms with van der Waals surface area (Å²) in [6.07, 6.45) is 4.86. The third-order valence-corrected chi connectivity index (χ3v) is 6.00. The first-order valence-corrected chi connectivity index (χ1v) is 10.9. The normalized spacial score (nSPS) is 11.2. The molecular weight excluding hydrogens is 428 g/mol. The van der Waals surface area contributed by atoms with Gasteiger partial charge in [0.2, 0.25) is 0 Å². The van der Waals surface area contributed by atoms with E-state index in [0.717, 1.165) is 16.7 Å². The number of rotatable bonds is 6. The second-order valence-corrected chi connectivity index (χ2v) is 8.26. The molecule has 172 valence electrons. The highest BCUT2D eigenvalue weighted by Crippen LogP contribution is 2.27. The van der Waals surface area contributed by atoms with E-state index in [2.05, 4.69) is 37.9 Å². The maximum absolute atomic E-state index is 12.8. The van der Waals surface area contributed by atoms with Crippen LogP contribution in [-0.2, 0) is 0 Å². The molecule has 0 saturated heterocycles. The van der Waals surface area contributed by atoms with Gasteiger partial charge in [-0.2, -0.15) is 0 Å². The number of phenols is 1. The third-order valence-electron chi connectivity index (χ3n) is 6.00. The molecule has 34 heavy (non-hydrogen) atoms. The molecule has 0 unspecified atom stereocenters. The molecule has 0 radical (unpaired) electrons. The molecule has 0 aliphatic rings. The first-order valence-electron chi connectivity index (χ1n) is 10.9. The molecule has 6 nitrogen and oxygen atoms in total. The number of carbonyl (C=O) groups is 1. The summed E-state index contributed by atoms with van der Waals surface area (Å²) in [4.78, 5) is 28.4. The van der Waals surface area contributed by atoms with Gasteiger partial charge in [0.25, 0.3) is 0 Å². The van der Waals surface area contributed by atoms with Gasteiger partial charge in [0.05, 0.1) is 18.5 Å². The lowest BCUT2D eigenvalue weighted by Gasteiger charge is -2.07.